The van der Waals surface area contributed by atoms with Gasteiger partial charge in [0.2, 0.25) is 5.91 Å². The summed E-state index contributed by atoms with van der Waals surface area (Å²) in [5, 5.41) is 0. The molecule has 1 aromatic carbocycles. The van der Waals surface area contributed by atoms with Gasteiger partial charge >= 0.3 is 0 Å². The molecule has 0 radical (unpaired) electrons. The molecule has 4 nitrogen and oxygen atoms in total. The van der Waals surface area contributed by atoms with Crippen LogP contribution in [0.1, 0.15) is 6.92 Å². The van der Waals surface area contributed by atoms with Gasteiger partial charge in [-0.3, -0.25) is 9.69 Å². The number of nitrogens with zero attached hydrogens (tertiary/aromatic N) is 2. The molecule has 1 aromatic rings. The number of carbonyl (C=O) groups excluding carboxylic acids is 1. The summed E-state index contributed by atoms with van der Waals surface area (Å²) < 4.78 is 1.02. The monoisotopic (exact) mass is 311 g/mol. The number of carbonyl (C=O) groups is 1. The molecule has 1 atom stereocenters. The number of hydrogen-bond donors (Lipinski definition) is 1. The molecule has 18 heavy (non-hydrogen) atoms. The van der Waals surface area contributed by atoms with Crippen LogP contribution in [0, 0.1) is 0 Å². The Morgan fingerprint density at radius 1 is 1.33 bits per heavy atom. The molecule has 0 saturated carbocycles. The fourth-order valence-electron chi connectivity index (χ4n) is 2.11. The van der Waals surface area contributed by atoms with Crippen LogP contribution >= 0.6 is 15.9 Å². The van der Waals surface area contributed by atoms with Gasteiger partial charge in [0.25, 0.3) is 0 Å². The quantitative estimate of drug-likeness (QED) is 0.919. The summed E-state index contributed by atoms with van der Waals surface area (Å²) in [7, 11) is 0. The summed E-state index contributed by atoms with van der Waals surface area (Å²) in [5.41, 5.74) is 6.60. The SMILES string of the molecule is CC(CN)N1CCN(c2ccc(Br)cc2)C(=O)C1. The molecule has 1 amide bonds. The maximum absolute atomic E-state index is 12.1. The Balaban J connectivity index is 2.05. The van der Waals surface area contributed by atoms with Crippen LogP contribution in [-0.2, 0) is 4.79 Å². The molecule has 5 heteroatoms. The molecule has 2 N–H and O–H groups in total. The maximum atomic E-state index is 12.1. The van der Waals surface area contributed by atoms with Gasteiger partial charge in [-0.15, -0.1) is 0 Å². The lowest BCUT2D eigenvalue weighted by Crippen LogP contribution is -2.54. The van der Waals surface area contributed by atoms with Crippen molar-refractivity contribution in [3.05, 3.63) is 28.7 Å². The van der Waals surface area contributed by atoms with Gasteiger partial charge < -0.3 is 10.6 Å². The number of nitrogens with two attached hydrogens (primary N) is 1. The summed E-state index contributed by atoms with van der Waals surface area (Å²) in [4.78, 5) is 16.1. The Bertz CT molecular complexity index is 421. The van der Waals surface area contributed by atoms with Crippen molar-refractivity contribution in [2.24, 2.45) is 5.73 Å². The predicted molar refractivity (Wildman–Crippen MR) is 76.6 cm³/mol. The van der Waals surface area contributed by atoms with Crippen LogP contribution in [0.5, 0.6) is 0 Å². The average molecular weight is 312 g/mol. The van der Waals surface area contributed by atoms with Crippen molar-refractivity contribution in [2.45, 2.75) is 13.0 Å². The third kappa shape index (κ3) is 2.91. The molecule has 0 bridgehead atoms. The fourth-order valence-corrected chi connectivity index (χ4v) is 2.38. The lowest BCUT2D eigenvalue weighted by molar-refractivity contribution is -0.121. The lowest BCUT2D eigenvalue weighted by atomic mass is 10.2. The van der Waals surface area contributed by atoms with Gasteiger partial charge in [0.15, 0.2) is 0 Å². The van der Waals surface area contributed by atoms with Gasteiger partial charge in [-0.2, -0.15) is 0 Å². The Hall–Kier alpha value is -0.910. The van der Waals surface area contributed by atoms with Gasteiger partial charge in [0, 0.05) is 35.8 Å². The van der Waals surface area contributed by atoms with Crippen LogP contribution in [0.3, 0.4) is 0 Å². The van der Waals surface area contributed by atoms with E-state index in [1.807, 2.05) is 29.2 Å². The molecular weight excluding hydrogens is 294 g/mol. The lowest BCUT2D eigenvalue weighted by Gasteiger charge is -2.37. The molecule has 1 heterocycles. The maximum Gasteiger partial charge on any atom is 0.241 e. The van der Waals surface area contributed by atoms with E-state index >= 15 is 0 Å². The smallest absolute Gasteiger partial charge is 0.241 e. The molecule has 1 fully saturated rings. The van der Waals surface area contributed by atoms with Crippen molar-refractivity contribution in [1.82, 2.24) is 4.90 Å². The van der Waals surface area contributed by atoms with Crippen LogP contribution in [0.4, 0.5) is 5.69 Å². The number of hydrogen-bond acceptors (Lipinski definition) is 3. The summed E-state index contributed by atoms with van der Waals surface area (Å²) in [6.45, 7) is 4.70. The van der Waals surface area contributed by atoms with E-state index in [1.165, 1.54) is 0 Å². The molecular formula is C13H18BrN3O. The number of benzene rings is 1. The first kappa shape index (κ1) is 13.5. The minimum atomic E-state index is 0.142. The number of anilines is 1. The minimum Gasteiger partial charge on any atom is -0.329 e. The zero-order valence-corrected chi connectivity index (χ0v) is 12.1. The van der Waals surface area contributed by atoms with E-state index < -0.39 is 0 Å². The first-order valence-electron chi connectivity index (χ1n) is 6.12. The molecule has 2 rings (SSSR count). The normalized spacial score (nSPS) is 19.1. The Morgan fingerprint density at radius 2 is 2.00 bits per heavy atom. The van der Waals surface area contributed by atoms with Gasteiger partial charge in [-0.25, -0.2) is 0 Å². The summed E-state index contributed by atoms with van der Waals surface area (Å²) in [6.07, 6.45) is 0. The second kappa shape index (κ2) is 5.82. The number of rotatable bonds is 3. The van der Waals surface area contributed by atoms with Crippen LogP contribution < -0.4 is 10.6 Å². The van der Waals surface area contributed by atoms with E-state index in [0.29, 0.717) is 13.1 Å². The molecule has 1 unspecified atom stereocenters. The van der Waals surface area contributed by atoms with E-state index in [9.17, 15) is 4.79 Å². The minimum absolute atomic E-state index is 0.142. The molecule has 98 valence electrons. The molecule has 1 saturated heterocycles. The Kier molecular flexibility index (Phi) is 4.37. The Labute approximate surface area is 116 Å². The predicted octanol–water partition coefficient (Wildman–Crippen LogP) is 1.44. The molecule has 0 aliphatic carbocycles. The van der Waals surface area contributed by atoms with Gasteiger partial charge in [0.1, 0.15) is 0 Å². The zero-order chi connectivity index (χ0) is 13.1. The first-order valence-corrected chi connectivity index (χ1v) is 6.91. The largest absolute Gasteiger partial charge is 0.329 e. The average Bonchev–Trinajstić information content (AvgIpc) is 2.39. The number of amides is 1. The van der Waals surface area contributed by atoms with Crippen molar-refractivity contribution < 1.29 is 4.79 Å². The van der Waals surface area contributed by atoms with Crippen LogP contribution in [0.15, 0.2) is 28.7 Å². The molecule has 0 spiro atoms. The Morgan fingerprint density at radius 3 is 2.56 bits per heavy atom. The van der Waals surface area contributed by atoms with Gasteiger partial charge in [-0.1, -0.05) is 15.9 Å². The highest BCUT2D eigenvalue weighted by molar-refractivity contribution is 9.10. The van der Waals surface area contributed by atoms with E-state index in [4.69, 9.17) is 5.73 Å². The van der Waals surface area contributed by atoms with Crippen molar-refractivity contribution in [3.63, 3.8) is 0 Å². The van der Waals surface area contributed by atoms with Crippen molar-refractivity contribution in [3.8, 4) is 0 Å². The van der Waals surface area contributed by atoms with E-state index in [1.54, 1.807) is 0 Å². The van der Waals surface area contributed by atoms with Gasteiger partial charge in [0.05, 0.1) is 6.54 Å². The summed E-state index contributed by atoms with van der Waals surface area (Å²) in [5.74, 6) is 0.142. The number of piperazine rings is 1. The fraction of sp³-hybridized carbons (Fsp3) is 0.462. The van der Waals surface area contributed by atoms with Crippen molar-refractivity contribution in [2.75, 3.05) is 31.1 Å². The standard InChI is InChI=1S/C13H18BrN3O/c1-10(8-15)16-6-7-17(13(18)9-16)12-4-2-11(14)3-5-12/h2-5,10H,6-9,15H2,1H3. The number of halogens is 1. The zero-order valence-electron chi connectivity index (χ0n) is 10.5. The van der Waals surface area contributed by atoms with Crippen LogP contribution in [0.2, 0.25) is 0 Å². The summed E-state index contributed by atoms with van der Waals surface area (Å²) in [6, 6.07) is 8.10. The highest BCUT2D eigenvalue weighted by Crippen LogP contribution is 2.20. The van der Waals surface area contributed by atoms with Crippen LogP contribution in [-0.4, -0.2) is 43.0 Å². The highest BCUT2D eigenvalue weighted by Gasteiger charge is 2.27. The van der Waals surface area contributed by atoms with Gasteiger partial charge in [-0.05, 0) is 31.2 Å². The third-order valence-corrected chi connectivity index (χ3v) is 3.88. The molecule has 1 aliphatic heterocycles. The summed E-state index contributed by atoms with van der Waals surface area (Å²) >= 11 is 3.40. The topological polar surface area (TPSA) is 49.6 Å². The van der Waals surface area contributed by atoms with E-state index in [0.717, 1.165) is 23.2 Å². The van der Waals surface area contributed by atoms with Crippen molar-refractivity contribution >= 4 is 27.5 Å². The first-order chi connectivity index (χ1) is 8.61. The third-order valence-electron chi connectivity index (χ3n) is 3.35. The van der Waals surface area contributed by atoms with E-state index in [2.05, 4.69) is 27.8 Å². The van der Waals surface area contributed by atoms with E-state index in [-0.39, 0.29) is 11.9 Å². The second-order valence-corrected chi connectivity index (χ2v) is 5.49. The highest BCUT2D eigenvalue weighted by atomic mass is 79.9. The molecule has 1 aliphatic rings. The molecule has 0 aromatic heterocycles. The van der Waals surface area contributed by atoms with Crippen molar-refractivity contribution in [1.29, 1.82) is 0 Å². The second-order valence-electron chi connectivity index (χ2n) is 4.58. The van der Waals surface area contributed by atoms with Crippen LogP contribution in [0.25, 0.3) is 0 Å².